The number of methoxy groups -OCH3 is 1. The number of aromatic amines is 1. The molecule has 1 aromatic heterocycles. The van der Waals surface area contributed by atoms with Crippen LogP contribution in [0.5, 0.6) is 11.5 Å². The summed E-state index contributed by atoms with van der Waals surface area (Å²) in [6, 6.07) is 5.75. The first kappa shape index (κ1) is 10.5. The molecule has 0 bridgehead atoms. The topological polar surface area (TPSA) is 47.1 Å². The lowest BCUT2D eigenvalue weighted by atomic mass is 10.2. The molecule has 1 N–H and O–H groups in total. The molecule has 0 fully saturated rings. The third-order valence-corrected chi connectivity index (χ3v) is 2.24. The molecule has 0 saturated carbocycles. The molecule has 0 atom stereocenters. The third kappa shape index (κ3) is 2.00. The first-order chi connectivity index (χ1) is 7.85. The normalized spacial score (nSPS) is 10.1. The molecular weight excluding hydrogens is 204 g/mol. The second-order valence-electron chi connectivity index (χ2n) is 3.24. The highest BCUT2D eigenvalue weighted by atomic mass is 16.5. The number of rotatable bonds is 4. The van der Waals surface area contributed by atoms with Gasteiger partial charge in [0.15, 0.2) is 11.5 Å². The molecule has 0 aliphatic rings. The van der Waals surface area contributed by atoms with E-state index in [-0.39, 0.29) is 0 Å². The summed E-state index contributed by atoms with van der Waals surface area (Å²) in [6.45, 7) is 2.57. The van der Waals surface area contributed by atoms with Gasteiger partial charge in [-0.1, -0.05) is 0 Å². The van der Waals surface area contributed by atoms with Crippen molar-refractivity contribution in [2.45, 2.75) is 6.92 Å². The van der Waals surface area contributed by atoms with E-state index in [4.69, 9.17) is 9.47 Å². The number of H-pyrrole nitrogens is 1. The molecule has 16 heavy (non-hydrogen) atoms. The number of aromatic nitrogens is 2. The van der Waals surface area contributed by atoms with Crippen molar-refractivity contribution in [1.29, 1.82) is 0 Å². The van der Waals surface area contributed by atoms with Crippen LogP contribution in [0.4, 0.5) is 0 Å². The molecule has 0 saturated heterocycles. The molecule has 1 aromatic carbocycles. The Morgan fingerprint density at radius 2 is 2.19 bits per heavy atom. The Balaban J connectivity index is 2.36. The van der Waals surface area contributed by atoms with Gasteiger partial charge in [0.05, 0.1) is 13.7 Å². The van der Waals surface area contributed by atoms with Crippen molar-refractivity contribution in [3.05, 3.63) is 30.6 Å². The Morgan fingerprint density at radius 3 is 2.81 bits per heavy atom. The summed E-state index contributed by atoms with van der Waals surface area (Å²) >= 11 is 0. The monoisotopic (exact) mass is 218 g/mol. The van der Waals surface area contributed by atoms with Crippen molar-refractivity contribution in [2.24, 2.45) is 0 Å². The Morgan fingerprint density at radius 1 is 1.31 bits per heavy atom. The van der Waals surface area contributed by atoms with Gasteiger partial charge in [-0.3, -0.25) is 0 Å². The van der Waals surface area contributed by atoms with Crippen LogP contribution in [0.15, 0.2) is 30.6 Å². The van der Waals surface area contributed by atoms with Crippen molar-refractivity contribution in [3.8, 4) is 22.9 Å². The van der Waals surface area contributed by atoms with Gasteiger partial charge >= 0.3 is 0 Å². The lowest BCUT2D eigenvalue weighted by Gasteiger charge is -2.09. The van der Waals surface area contributed by atoms with Crippen LogP contribution in [0.3, 0.4) is 0 Å². The van der Waals surface area contributed by atoms with E-state index in [1.165, 1.54) is 0 Å². The van der Waals surface area contributed by atoms with Gasteiger partial charge in [0.25, 0.3) is 0 Å². The summed E-state index contributed by atoms with van der Waals surface area (Å²) in [6.07, 6.45) is 3.51. The molecule has 1 heterocycles. The summed E-state index contributed by atoms with van der Waals surface area (Å²) in [5.41, 5.74) is 0.977. The number of nitrogens with zero attached hydrogens (tertiary/aromatic N) is 1. The first-order valence-electron chi connectivity index (χ1n) is 5.15. The summed E-state index contributed by atoms with van der Waals surface area (Å²) in [4.78, 5) is 7.23. The first-order valence-corrected chi connectivity index (χ1v) is 5.15. The molecule has 84 valence electrons. The molecule has 2 rings (SSSR count). The molecule has 0 spiro atoms. The third-order valence-electron chi connectivity index (χ3n) is 2.24. The van der Waals surface area contributed by atoms with Gasteiger partial charge in [-0.2, -0.15) is 0 Å². The Hall–Kier alpha value is -1.97. The van der Waals surface area contributed by atoms with Crippen LogP contribution >= 0.6 is 0 Å². The number of benzene rings is 1. The second-order valence-corrected chi connectivity index (χ2v) is 3.24. The second kappa shape index (κ2) is 4.70. The molecule has 2 aromatic rings. The van der Waals surface area contributed by atoms with Crippen molar-refractivity contribution >= 4 is 0 Å². The number of hydrogen-bond acceptors (Lipinski definition) is 3. The lowest BCUT2D eigenvalue weighted by Crippen LogP contribution is -1.95. The van der Waals surface area contributed by atoms with Gasteiger partial charge in [0, 0.05) is 18.0 Å². The van der Waals surface area contributed by atoms with Gasteiger partial charge < -0.3 is 14.5 Å². The van der Waals surface area contributed by atoms with E-state index < -0.39 is 0 Å². The predicted molar refractivity (Wildman–Crippen MR) is 61.7 cm³/mol. The summed E-state index contributed by atoms with van der Waals surface area (Å²) < 4.78 is 10.7. The average molecular weight is 218 g/mol. The number of ether oxygens (including phenoxy) is 2. The SMILES string of the molecule is CCOc1ccc(-c2ncc[nH]2)cc1OC. The van der Waals surface area contributed by atoms with E-state index in [1.54, 1.807) is 19.5 Å². The van der Waals surface area contributed by atoms with Crippen molar-refractivity contribution < 1.29 is 9.47 Å². The Bertz CT molecular complexity index is 452. The van der Waals surface area contributed by atoms with E-state index in [9.17, 15) is 0 Å². The fraction of sp³-hybridized carbons (Fsp3) is 0.250. The van der Waals surface area contributed by atoms with Crippen LogP contribution in [0.1, 0.15) is 6.92 Å². The maximum atomic E-state index is 5.44. The molecule has 0 aliphatic heterocycles. The van der Waals surface area contributed by atoms with Crippen LogP contribution in [-0.2, 0) is 0 Å². The highest BCUT2D eigenvalue weighted by molar-refractivity contribution is 5.60. The summed E-state index contributed by atoms with van der Waals surface area (Å²) in [5, 5.41) is 0. The fourth-order valence-electron chi connectivity index (χ4n) is 1.51. The Kier molecular flexibility index (Phi) is 3.10. The fourth-order valence-corrected chi connectivity index (χ4v) is 1.51. The molecule has 0 aliphatic carbocycles. The molecule has 0 amide bonds. The quantitative estimate of drug-likeness (QED) is 0.857. The number of hydrogen-bond donors (Lipinski definition) is 1. The van der Waals surface area contributed by atoms with E-state index in [1.807, 2.05) is 25.1 Å². The van der Waals surface area contributed by atoms with Gasteiger partial charge in [-0.05, 0) is 25.1 Å². The lowest BCUT2D eigenvalue weighted by molar-refractivity contribution is 0.311. The highest BCUT2D eigenvalue weighted by Crippen LogP contribution is 2.31. The molecular formula is C12H14N2O2. The minimum Gasteiger partial charge on any atom is -0.493 e. The smallest absolute Gasteiger partial charge is 0.161 e. The highest BCUT2D eigenvalue weighted by Gasteiger charge is 2.07. The Labute approximate surface area is 94.2 Å². The average Bonchev–Trinajstić information content (AvgIpc) is 2.83. The summed E-state index contributed by atoms with van der Waals surface area (Å²) in [7, 11) is 1.63. The molecule has 0 unspecified atom stereocenters. The number of nitrogens with one attached hydrogen (secondary N) is 1. The van der Waals surface area contributed by atoms with Gasteiger partial charge in [0.2, 0.25) is 0 Å². The minimum absolute atomic E-state index is 0.621. The van der Waals surface area contributed by atoms with E-state index >= 15 is 0 Å². The van der Waals surface area contributed by atoms with Crippen LogP contribution in [0.25, 0.3) is 11.4 Å². The van der Waals surface area contributed by atoms with Crippen LogP contribution in [0, 0.1) is 0 Å². The molecule has 4 nitrogen and oxygen atoms in total. The maximum absolute atomic E-state index is 5.44. The zero-order chi connectivity index (χ0) is 11.4. The zero-order valence-electron chi connectivity index (χ0n) is 9.36. The van der Waals surface area contributed by atoms with E-state index in [0.29, 0.717) is 6.61 Å². The van der Waals surface area contributed by atoms with Crippen molar-refractivity contribution in [3.63, 3.8) is 0 Å². The number of imidazole rings is 1. The zero-order valence-corrected chi connectivity index (χ0v) is 9.36. The summed E-state index contributed by atoms with van der Waals surface area (Å²) in [5.74, 6) is 2.29. The van der Waals surface area contributed by atoms with E-state index in [0.717, 1.165) is 22.9 Å². The predicted octanol–water partition coefficient (Wildman–Crippen LogP) is 2.48. The van der Waals surface area contributed by atoms with Crippen molar-refractivity contribution in [2.75, 3.05) is 13.7 Å². The maximum Gasteiger partial charge on any atom is 0.161 e. The van der Waals surface area contributed by atoms with Gasteiger partial charge in [-0.25, -0.2) is 4.98 Å². The van der Waals surface area contributed by atoms with Crippen LogP contribution in [0.2, 0.25) is 0 Å². The standard InChI is InChI=1S/C12H14N2O2/c1-3-16-10-5-4-9(8-11(10)15-2)12-13-6-7-14-12/h4-8H,3H2,1-2H3,(H,13,14). The minimum atomic E-state index is 0.621. The molecule has 0 radical (unpaired) electrons. The molecule has 4 heteroatoms. The van der Waals surface area contributed by atoms with Gasteiger partial charge in [-0.15, -0.1) is 0 Å². The van der Waals surface area contributed by atoms with E-state index in [2.05, 4.69) is 9.97 Å². The van der Waals surface area contributed by atoms with Crippen LogP contribution < -0.4 is 9.47 Å². The van der Waals surface area contributed by atoms with Crippen molar-refractivity contribution in [1.82, 2.24) is 9.97 Å². The van der Waals surface area contributed by atoms with Crippen LogP contribution in [-0.4, -0.2) is 23.7 Å². The largest absolute Gasteiger partial charge is 0.493 e. The van der Waals surface area contributed by atoms with Gasteiger partial charge in [0.1, 0.15) is 5.82 Å².